The van der Waals surface area contributed by atoms with Crippen molar-refractivity contribution in [2.45, 2.75) is 13.5 Å². The van der Waals surface area contributed by atoms with Crippen LogP contribution in [0.5, 0.6) is 0 Å². The lowest BCUT2D eigenvalue weighted by Gasteiger charge is -2.03. The Bertz CT molecular complexity index is 607. The van der Waals surface area contributed by atoms with Gasteiger partial charge in [0, 0.05) is 17.5 Å². The van der Waals surface area contributed by atoms with Crippen LogP contribution in [0.15, 0.2) is 52.9 Å². The van der Waals surface area contributed by atoms with E-state index in [2.05, 4.69) is 34.0 Å². The van der Waals surface area contributed by atoms with Crippen molar-refractivity contribution in [3.8, 4) is 10.6 Å². The summed E-state index contributed by atoms with van der Waals surface area (Å²) in [4.78, 5) is 8.82. The number of nitrogens with two attached hydrogens (primary N) is 1. The number of aliphatic imine (C=N–C) groups is 1. The van der Waals surface area contributed by atoms with Gasteiger partial charge in [-0.15, -0.1) is 35.3 Å². The normalized spacial score (nSPS) is 10.8. The number of benzene rings is 1. The van der Waals surface area contributed by atoms with E-state index in [1.54, 1.807) is 11.3 Å². The SMILES string of the molecule is C=C(C)CNC(N)=NCc1csc(-c2ccccc2)n1.I. The highest BCUT2D eigenvalue weighted by Crippen LogP contribution is 2.23. The van der Waals surface area contributed by atoms with Gasteiger partial charge in [-0.05, 0) is 6.92 Å². The zero-order chi connectivity index (χ0) is 14.4. The predicted molar refractivity (Wildman–Crippen MR) is 101 cm³/mol. The van der Waals surface area contributed by atoms with Crippen LogP contribution in [0.3, 0.4) is 0 Å². The molecule has 4 nitrogen and oxygen atoms in total. The summed E-state index contributed by atoms with van der Waals surface area (Å²) >= 11 is 1.62. The zero-order valence-corrected chi connectivity index (χ0v) is 15.0. The fraction of sp³-hybridized carbons (Fsp3) is 0.200. The van der Waals surface area contributed by atoms with Crippen LogP contribution in [-0.4, -0.2) is 17.5 Å². The Morgan fingerprint density at radius 3 is 2.76 bits per heavy atom. The van der Waals surface area contributed by atoms with Crippen molar-refractivity contribution in [1.29, 1.82) is 0 Å². The first-order valence-corrected chi connectivity index (χ1v) is 7.21. The number of hydrogen-bond acceptors (Lipinski definition) is 3. The Balaban J connectivity index is 0.00000220. The van der Waals surface area contributed by atoms with Crippen molar-refractivity contribution < 1.29 is 0 Å². The van der Waals surface area contributed by atoms with Crippen LogP contribution < -0.4 is 11.1 Å². The number of aromatic nitrogens is 1. The number of hydrogen-bond donors (Lipinski definition) is 2. The Kier molecular flexibility index (Phi) is 7.38. The molecule has 0 unspecified atom stereocenters. The summed E-state index contributed by atoms with van der Waals surface area (Å²) in [6.45, 7) is 6.86. The van der Waals surface area contributed by atoms with Gasteiger partial charge in [0.1, 0.15) is 5.01 Å². The molecule has 0 aliphatic carbocycles. The topological polar surface area (TPSA) is 63.3 Å². The number of nitrogens with zero attached hydrogens (tertiary/aromatic N) is 2. The molecule has 2 aromatic rings. The smallest absolute Gasteiger partial charge is 0.189 e. The molecule has 6 heteroatoms. The maximum absolute atomic E-state index is 5.76. The molecular weight excluding hydrogens is 395 g/mol. The van der Waals surface area contributed by atoms with Crippen molar-refractivity contribution in [2.24, 2.45) is 10.7 Å². The summed E-state index contributed by atoms with van der Waals surface area (Å²) in [5.41, 5.74) is 8.83. The Labute approximate surface area is 146 Å². The quantitative estimate of drug-likeness (QED) is 0.341. The van der Waals surface area contributed by atoms with Crippen LogP contribution in [0.2, 0.25) is 0 Å². The molecule has 2 rings (SSSR count). The third-order valence-electron chi connectivity index (χ3n) is 2.56. The van der Waals surface area contributed by atoms with E-state index in [0.29, 0.717) is 19.0 Å². The molecule has 21 heavy (non-hydrogen) atoms. The molecule has 1 heterocycles. The first-order chi connectivity index (χ1) is 9.65. The van der Waals surface area contributed by atoms with Gasteiger partial charge in [-0.2, -0.15) is 0 Å². The molecule has 0 saturated heterocycles. The van der Waals surface area contributed by atoms with E-state index in [1.165, 1.54) is 0 Å². The van der Waals surface area contributed by atoms with Crippen molar-refractivity contribution in [2.75, 3.05) is 6.54 Å². The Morgan fingerprint density at radius 2 is 2.10 bits per heavy atom. The zero-order valence-electron chi connectivity index (χ0n) is 11.9. The number of thiazole rings is 1. The van der Waals surface area contributed by atoms with Gasteiger partial charge in [0.15, 0.2) is 5.96 Å². The molecule has 0 bridgehead atoms. The highest BCUT2D eigenvalue weighted by atomic mass is 127. The summed E-state index contributed by atoms with van der Waals surface area (Å²) in [5.74, 6) is 0.419. The molecule has 1 aromatic heterocycles. The molecule has 0 aliphatic rings. The maximum Gasteiger partial charge on any atom is 0.189 e. The summed E-state index contributed by atoms with van der Waals surface area (Å²) in [6, 6.07) is 10.1. The van der Waals surface area contributed by atoms with Crippen LogP contribution in [0, 0.1) is 0 Å². The summed E-state index contributed by atoms with van der Waals surface area (Å²) in [7, 11) is 0. The van der Waals surface area contributed by atoms with E-state index in [9.17, 15) is 0 Å². The molecule has 0 aliphatic heterocycles. The van der Waals surface area contributed by atoms with Crippen LogP contribution >= 0.6 is 35.3 Å². The second-order valence-electron chi connectivity index (χ2n) is 4.52. The molecule has 0 amide bonds. The number of halogens is 1. The average molecular weight is 414 g/mol. The second-order valence-corrected chi connectivity index (χ2v) is 5.38. The van der Waals surface area contributed by atoms with E-state index < -0.39 is 0 Å². The van der Waals surface area contributed by atoms with E-state index >= 15 is 0 Å². The number of guanidine groups is 1. The fourth-order valence-corrected chi connectivity index (χ4v) is 2.37. The van der Waals surface area contributed by atoms with Crippen LogP contribution in [0.1, 0.15) is 12.6 Å². The molecule has 112 valence electrons. The van der Waals surface area contributed by atoms with Crippen molar-refractivity contribution in [3.63, 3.8) is 0 Å². The largest absolute Gasteiger partial charge is 0.370 e. The molecule has 0 radical (unpaired) electrons. The molecule has 0 saturated carbocycles. The number of nitrogens with one attached hydrogen (secondary N) is 1. The van der Waals surface area contributed by atoms with Gasteiger partial charge < -0.3 is 11.1 Å². The van der Waals surface area contributed by atoms with Gasteiger partial charge in [0.25, 0.3) is 0 Å². The van der Waals surface area contributed by atoms with E-state index in [-0.39, 0.29) is 24.0 Å². The van der Waals surface area contributed by atoms with E-state index in [0.717, 1.165) is 21.8 Å². The first-order valence-electron chi connectivity index (χ1n) is 6.33. The van der Waals surface area contributed by atoms with Crippen LogP contribution in [0.4, 0.5) is 0 Å². The minimum Gasteiger partial charge on any atom is -0.370 e. The lowest BCUT2D eigenvalue weighted by molar-refractivity contribution is 0.928. The van der Waals surface area contributed by atoms with Gasteiger partial charge in [-0.1, -0.05) is 42.5 Å². The van der Waals surface area contributed by atoms with Gasteiger partial charge in [0.05, 0.1) is 12.2 Å². The van der Waals surface area contributed by atoms with Crippen molar-refractivity contribution in [3.05, 3.63) is 53.6 Å². The number of rotatable bonds is 5. The molecule has 0 atom stereocenters. The lowest BCUT2D eigenvalue weighted by atomic mass is 10.2. The molecule has 3 N–H and O–H groups in total. The first kappa shape index (κ1) is 17.6. The van der Waals surface area contributed by atoms with Gasteiger partial charge in [-0.3, -0.25) is 0 Å². The minimum absolute atomic E-state index is 0. The lowest BCUT2D eigenvalue weighted by Crippen LogP contribution is -2.32. The van der Waals surface area contributed by atoms with Gasteiger partial charge >= 0.3 is 0 Å². The van der Waals surface area contributed by atoms with Crippen molar-refractivity contribution >= 4 is 41.3 Å². The summed E-state index contributed by atoms with van der Waals surface area (Å²) in [5, 5.41) is 6.01. The van der Waals surface area contributed by atoms with Crippen LogP contribution in [0.25, 0.3) is 10.6 Å². The highest BCUT2D eigenvalue weighted by molar-refractivity contribution is 14.0. The maximum atomic E-state index is 5.76. The third kappa shape index (κ3) is 5.84. The van der Waals surface area contributed by atoms with Crippen molar-refractivity contribution in [1.82, 2.24) is 10.3 Å². The van der Waals surface area contributed by atoms with Gasteiger partial charge in [-0.25, -0.2) is 9.98 Å². The Morgan fingerprint density at radius 1 is 1.38 bits per heavy atom. The highest BCUT2D eigenvalue weighted by Gasteiger charge is 2.03. The van der Waals surface area contributed by atoms with E-state index in [1.807, 2.05) is 30.5 Å². The molecular formula is C15H19IN4S. The Hall–Kier alpha value is -1.41. The monoisotopic (exact) mass is 414 g/mol. The van der Waals surface area contributed by atoms with Crippen LogP contribution in [-0.2, 0) is 6.54 Å². The summed E-state index contributed by atoms with van der Waals surface area (Å²) < 4.78 is 0. The molecule has 1 aromatic carbocycles. The predicted octanol–water partition coefficient (Wildman–Crippen LogP) is 3.41. The average Bonchev–Trinajstić information content (AvgIpc) is 2.93. The standard InChI is InChI=1S/C15H18N4S.HI/c1-11(2)8-17-15(16)18-9-13-10-20-14(19-13)12-6-4-3-5-7-12;/h3-7,10H,1,8-9H2,2H3,(H3,16,17,18);1H. The molecule has 0 fully saturated rings. The van der Waals surface area contributed by atoms with E-state index in [4.69, 9.17) is 5.73 Å². The summed E-state index contributed by atoms with van der Waals surface area (Å²) in [6.07, 6.45) is 0. The molecule has 0 spiro atoms. The third-order valence-corrected chi connectivity index (χ3v) is 3.50. The second kappa shape index (κ2) is 8.78. The van der Waals surface area contributed by atoms with Gasteiger partial charge in [0.2, 0.25) is 0 Å². The fourth-order valence-electron chi connectivity index (χ4n) is 1.56. The minimum atomic E-state index is 0.